The van der Waals surface area contributed by atoms with E-state index in [1.807, 2.05) is 0 Å². The first-order valence-electron chi connectivity index (χ1n) is 27.2. The molecule has 360 valence electrons. The number of carbonyl (C=O) groups is 3. The van der Waals surface area contributed by atoms with Crippen LogP contribution in [-0.2, 0) is 28.6 Å². The molecule has 0 aliphatic rings. The molecule has 0 saturated carbocycles. The molecule has 0 aromatic rings. The molecule has 0 amide bonds. The molecule has 6 heteroatoms. The van der Waals surface area contributed by atoms with Crippen molar-refractivity contribution in [2.75, 3.05) is 13.2 Å². The van der Waals surface area contributed by atoms with Crippen molar-refractivity contribution < 1.29 is 28.6 Å². The van der Waals surface area contributed by atoms with E-state index in [9.17, 15) is 14.4 Å². The quantitative estimate of drug-likeness (QED) is 0.0262. The predicted octanol–water partition coefficient (Wildman–Crippen LogP) is 17.8. The summed E-state index contributed by atoms with van der Waals surface area (Å²) in [5.74, 6) is -0.860. The summed E-state index contributed by atoms with van der Waals surface area (Å²) < 4.78 is 16.7. The SMILES string of the molecule is CCCCCCCCCC/C=C\CCCCCCCCCCCCCCCCCC(=O)OCC(COC(=O)CCCCCCCCCC)OC(=O)CCCCCCCCCC. The Morgan fingerprint density at radius 2 is 0.541 bits per heavy atom. The maximum absolute atomic E-state index is 12.7. The van der Waals surface area contributed by atoms with Gasteiger partial charge in [-0.3, -0.25) is 14.4 Å². The number of esters is 3. The van der Waals surface area contributed by atoms with E-state index < -0.39 is 6.10 Å². The second-order valence-electron chi connectivity index (χ2n) is 18.5. The van der Waals surface area contributed by atoms with Crippen molar-refractivity contribution in [2.24, 2.45) is 0 Å². The smallest absolute Gasteiger partial charge is 0.306 e. The molecule has 6 nitrogen and oxygen atoms in total. The van der Waals surface area contributed by atoms with Crippen LogP contribution in [0.2, 0.25) is 0 Å². The molecular formula is C55H104O6. The third-order valence-corrected chi connectivity index (χ3v) is 12.3. The number of hydrogen-bond acceptors (Lipinski definition) is 6. The molecule has 0 aliphatic carbocycles. The molecule has 0 heterocycles. The Balaban J connectivity index is 3.96. The monoisotopic (exact) mass is 861 g/mol. The zero-order valence-electron chi connectivity index (χ0n) is 41.2. The van der Waals surface area contributed by atoms with E-state index in [0.717, 1.165) is 57.8 Å². The Hall–Kier alpha value is -1.85. The Morgan fingerprint density at radius 3 is 0.820 bits per heavy atom. The summed E-state index contributed by atoms with van der Waals surface area (Å²) in [6.45, 7) is 6.61. The fraction of sp³-hybridized carbons (Fsp3) is 0.909. The van der Waals surface area contributed by atoms with E-state index in [-0.39, 0.29) is 31.1 Å². The Labute approximate surface area is 380 Å². The van der Waals surface area contributed by atoms with Gasteiger partial charge < -0.3 is 14.2 Å². The van der Waals surface area contributed by atoms with E-state index >= 15 is 0 Å². The Morgan fingerprint density at radius 1 is 0.311 bits per heavy atom. The topological polar surface area (TPSA) is 78.9 Å². The minimum absolute atomic E-state index is 0.0651. The first kappa shape index (κ1) is 59.1. The summed E-state index contributed by atoms with van der Waals surface area (Å²) in [6.07, 6.45) is 56.7. The Bertz CT molecular complexity index is 947. The number of ether oxygens (including phenoxy) is 3. The van der Waals surface area contributed by atoms with Crippen molar-refractivity contribution in [3.8, 4) is 0 Å². The van der Waals surface area contributed by atoms with Gasteiger partial charge in [0.2, 0.25) is 0 Å². The molecule has 0 aliphatic heterocycles. The van der Waals surface area contributed by atoms with Gasteiger partial charge in [0, 0.05) is 19.3 Å². The molecule has 0 aromatic heterocycles. The minimum atomic E-state index is -0.760. The largest absolute Gasteiger partial charge is 0.462 e. The van der Waals surface area contributed by atoms with Crippen LogP contribution in [0.1, 0.15) is 303 Å². The highest BCUT2D eigenvalue weighted by Gasteiger charge is 2.19. The average Bonchev–Trinajstić information content (AvgIpc) is 3.26. The van der Waals surface area contributed by atoms with Crippen molar-refractivity contribution in [3.05, 3.63) is 12.2 Å². The van der Waals surface area contributed by atoms with Crippen molar-refractivity contribution in [1.82, 2.24) is 0 Å². The van der Waals surface area contributed by atoms with Crippen molar-refractivity contribution >= 4 is 17.9 Å². The lowest BCUT2D eigenvalue weighted by Crippen LogP contribution is -2.30. The lowest BCUT2D eigenvalue weighted by Gasteiger charge is -2.18. The molecule has 0 saturated heterocycles. The van der Waals surface area contributed by atoms with Gasteiger partial charge in [0.05, 0.1) is 0 Å². The standard InChI is InChI=1S/C55H104O6/c1-4-7-10-13-16-19-20-21-22-23-24-25-26-27-28-29-30-31-32-33-34-35-36-37-40-42-45-48-54(57)60-51-52(61-55(58)49-46-43-39-18-15-12-9-6-3)50-59-53(56)47-44-41-38-17-14-11-8-5-2/h23-24,52H,4-22,25-51H2,1-3H3/b24-23-. The van der Waals surface area contributed by atoms with Gasteiger partial charge in [-0.25, -0.2) is 0 Å². The molecule has 1 atom stereocenters. The molecule has 0 N–H and O–H groups in total. The van der Waals surface area contributed by atoms with Crippen LogP contribution in [0.4, 0.5) is 0 Å². The summed E-state index contributed by atoms with van der Waals surface area (Å²) in [5, 5.41) is 0. The van der Waals surface area contributed by atoms with Gasteiger partial charge in [-0.2, -0.15) is 0 Å². The molecule has 1 unspecified atom stereocenters. The fourth-order valence-corrected chi connectivity index (χ4v) is 8.14. The van der Waals surface area contributed by atoms with E-state index in [0.29, 0.717) is 19.3 Å². The van der Waals surface area contributed by atoms with Gasteiger partial charge in [0.25, 0.3) is 0 Å². The number of carbonyl (C=O) groups excluding carboxylic acids is 3. The van der Waals surface area contributed by atoms with Crippen LogP contribution in [-0.4, -0.2) is 37.2 Å². The maximum Gasteiger partial charge on any atom is 0.306 e. The third-order valence-electron chi connectivity index (χ3n) is 12.3. The number of rotatable bonds is 50. The summed E-state index contributed by atoms with van der Waals surface area (Å²) in [5.41, 5.74) is 0. The molecule has 61 heavy (non-hydrogen) atoms. The first-order chi connectivity index (χ1) is 30.0. The van der Waals surface area contributed by atoms with Crippen LogP contribution < -0.4 is 0 Å². The lowest BCUT2D eigenvalue weighted by molar-refractivity contribution is -0.167. The minimum Gasteiger partial charge on any atom is -0.462 e. The summed E-state index contributed by atoms with van der Waals surface area (Å²) in [7, 11) is 0. The maximum atomic E-state index is 12.7. The van der Waals surface area contributed by atoms with Crippen molar-refractivity contribution in [3.63, 3.8) is 0 Å². The summed E-state index contributed by atoms with van der Waals surface area (Å²) in [6, 6.07) is 0. The van der Waals surface area contributed by atoms with Gasteiger partial charge in [-0.05, 0) is 44.9 Å². The van der Waals surface area contributed by atoms with E-state index in [1.54, 1.807) is 0 Å². The number of hydrogen-bond donors (Lipinski definition) is 0. The van der Waals surface area contributed by atoms with Crippen molar-refractivity contribution in [2.45, 2.75) is 309 Å². The van der Waals surface area contributed by atoms with Gasteiger partial charge in [-0.1, -0.05) is 251 Å². The van der Waals surface area contributed by atoms with Gasteiger partial charge in [-0.15, -0.1) is 0 Å². The first-order valence-corrected chi connectivity index (χ1v) is 27.2. The molecule has 0 aromatic carbocycles. The number of unbranched alkanes of at least 4 members (excludes halogenated alkanes) is 37. The van der Waals surface area contributed by atoms with Crippen LogP contribution >= 0.6 is 0 Å². The van der Waals surface area contributed by atoms with E-state index in [2.05, 4.69) is 32.9 Å². The summed E-state index contributed by atoms with van der Waals surface area (Å²) in [4.78, 5) is 37.7. The van der Waals surface area contributed by atoms with Crippen LogP contribution in [0.5, 0.6) is 0 Å². The average molecular weight is 861 g/mol. The molecule has 0 fully saturated rings. The lowest BCUT2D eigenvalue weighted by atomic mass is 10.0. The molecular weight excluding hydrogens is 757 g/mol. The second kappa shape index (κ2) is 50.8. The van der Waals surface area contributed by atoms with Crippen LogP contribution in [0.25, 0.3) is 0 Å². The fourth-order valence-electron chi connectivity index (χ4n) is 8.14. The highest BCUT2D eigenvalue weighted by molar-refractivity contribution is 5.71. The molecule has 0 radical (unpaired) electrons. The van der Waals surface area contributed by atoms with Crippen LogP contribution in [0.3, 0.4) is 0 Å². The van der Waals surface area contributed by atoms with E-state index in [4.69, 9.17) is 14.2 Å². The zero-order valence-corrected chi connectivity index (χ0v) is 41.2. The van der Waals surface area contributed by atoms with Gasteiger partial charge in [0.15, 0.2) is 6.10 Å². The third kappa shape index (κ3) is 49.0. The van der Waals surface area contributed by atoms with E-state index in [1.165, 1.54) is 205 Å². The zero-order chi connectivity index (χ0) is 44.4. The predicted molar refractivity (Wildman–Crippen MR) is 261 cm³/mol. The summed E-state index contributed by atoms with van der Waals surface area (Å²) >= 11 is 0. The number of allylic oxidation sites excluding steroid dienone is 2. The van der Waals surface area contributed by atoms with Crippen LogP contribution in [0.15, 0.2) is 12.2 Å². The Kier molecular flexibility index (Phi) is 49.3. The highest BCUT2D eigenvalue weighted by atomic mass is 16.6. The highest BCUT2D eigenvalue weighted by Crippen LogP contribution is 2.16. The van der Waals surface area contributed by atoms with Gasteiger partial charge in [0.1, 0.15) is 13.2 Å². The second-order valence-corrected chi connectivity index (χ2v) is 18.5. The normalized spacial score (nSPS) is 12.0. The van der Waals surface area contributed by atoms with Gasteiger partial charge >= 0.3 is 17.9 Å². The molecule has 0 bridgehead atoms. The van der Waals surface area contributed by atoms with Crippen molar-refractivity contribution in [1.29, 1.82) is 0 Å². The molecule has 0 rings (SSSR count). The van der Waals surface area contributed by atoms with Crippen LogP contribution in [0, 0.1) is 0 Å². The molecule has 0 spiro atoms.